The van der Waals surface area contributed by atoms with E-state index in [1.807, 2.05) is 19.9 Å². The Morgan fingerprint density at radius 1 is 1.62 bits per heavy atom. The van der Waals surface area contributed by atoms with Gasteiger partial charge in [-0.05, 0) is 47.4 Å². The monoisotopic (exact) mass is 285 g/mol. The maximum atomic E-state index is 11.6. The average molecular weight is 286 g/mol. The van der Waals surface area contributed by atoms with Crippen molar-refractivity contribution in [3.8, 4) is 0 Å². The first-order valence-corrected chi connectivity index (χ1v) is 5.95. The normalized spacial score (nSPS) is 12.2. The van der Waals surface area contributed by atoms with Gasteiger partial charge >= 0.3 is 0 Å². The quantitative estimate of drug-likeness (QED) is 0.833. The number of nitrogens with one attached hydrogen (secondary N) is 1. The van der Waals surface area contributed by atoms with E-state index >= 15 is 0 Å². The largest absolute Gasteiger partial charge is 0.330 e. The lowest BCUT2D eigenvalue weighted by molar-refractivity contribution is -0.116. The number of anilines is 1. The van der Waals surface area contributed by atoms with E-state index in [1.54, 1.807) is 6.07 Å². The topological polar surface area (TPSA) is 68.0 Å². The molecule has 1 heterocycles. The molecule has 1 aromatic heterocycles. The van der Waals surface area contributed by atoms with Crippen molar-refractivity contribution in [1.29, 1.82) is 0 Å². The summed E-state index contributed by atoms with van der Waals surface area (Å²) in [5.74, 6) is 0.175. The molecule has 0 spiro atoms. The lowest BCUT2D eigenvalue weighted by atomic mass is 10.1. The van der Waals surface area contributed by atoms with Crippen LogP contribution in [-0.2, 0) is 4.79 Å². The molecule has 0 fully saturated rings. The summed E-state index contributed by atoms with van der Waals surface area (Å²) in [6, 6.07) is 3.63. The summed E-state index contributed by atoms with van der Waals surface area (Å²) in [4.78, 5) is 15.8. The van der Waals surface area contributed by atoms with Crippen LogP contribution in [0.4, 0.5) is 5.69 Å². The van der Waals surface area contributed by atoms with Crippen LogP contribution in [0, 0.1) is 12.8 Å². The summed E-state index contributed by atoms with van der Waals surface area (Å²) in [6.07, 6.45) is 0.437. The van der Waals surface area contributed by atoms with E-state index in [0.717, 1.165) is 16.0 Å². The highest BCUT2D eigenvalue weighted by atomic mass is 79.9. The number of nitrogens with zero attached hydrogens (tertiary/aromatic N) is 1. The van der Waals surface area contributed by atoms with Gasteiger partial charge in [-0.2, -0.15) is 0 Å². The first-order valence-electron chi connectivity index (χ1n) is 5.16. The third-order valence-electron chi connectivity index (χ3n) is 2.26. The van der Waals surface area contributed by atoms with E-state index in [0.29, 0.717) is 13.0 Å². The van der Waals surface area contributed by atoms with E-state index in [2.05, 4.69) is 26.2 Å². The molecule has 0 aromatic carbocycles. The third kappa shape index (κ3) is 3.90. The fraction of sp³-hybridized carbons (Fsp3) is 0.455. The van der Waals surface area contributed by atoms with Gasteiger partial charge in [0.25, 0.3) is 0 Å². The van der Waals surface area contributed by atoms with E-state index in [9.17, 15) is 4.79 Å². The highest BCUT2D eigenvalue weighted by Gasteiger charge is 2.09. The highest BCUT2D eigenvalue weighted by molar-refractivity contribution is 9.10. The molecule has 1 amide bonds. The van der Waals surface area contributed by atoms with Crippen LogP contribution >= 0.6 is 15.9 Å². The van der Waals surface area contributed by atoms with Gasteiger partial charge in [0.15, 0.2) is 0 Å². The van der Waals surface area contributed by atoms with Gasteiger partial charge in [0, 0.05) is 6.42 Å². The summed E-state index contributed by atoms with van der Waals surface area (Å²) >= 11 is 3.27. The molecule has 1 atom stereocenters. The number of aromatic nitrogens is 1. The van der Waals surface area contributed by atoms with E-state index in [-0.39, 0.29) is 11.8 Å². The van der Waals surface area contributed by atoms with E-state index < -0.39 is 0 Å². The molecule has 0 saturated heterocycles. The Morgan fingerprint density at radius 2 is 2.31 bits per heavy atom. The molecule has 16 heavy (non-hydrogen) atoms. The smallest absolute Gasteiger partial charge is 0.224 e. The van der Waals surface area contributed by atoms with Gasteiger partial charge in [0.2, 0.25) is 5.91 Å². The molecule has 3 N–H and O–H groups in total. The van der Waals surface area contributed by atoms with Gasteiger partial charge in [-0.3, -0.25) is 4.79 Å². The average Bonchev–Trinajstić information content (AvgIpc) is 2.22. The number of nitrogens with two attached hydrogens (primary N) is 1. The van der Waals surface area contributed by atoms with E-state index in [4.69, 9.17) is 5.73 Å². The minimum Gasteiger partial charge on any atom is -0.330 e. The summed E-state index contributed by atoms with van der Waals surface area (Å²) in [5, 5.41) is 2.82. The second-order valence-corrected chi connectivity index (χ2v) is 4.67. The van der Waals surface area contributed by atoms with Crippen molar-refractivity contribution < 1.29 is 4.79 Å². The van der Waals surface area contributed by atoms with Gasteiger partial charge < -0.3 is 11.1 Å². The van der Waals surface area contributed by atoms with Crippen LogP contribution in [0.15, 0.2) is 16.7 Å². The zero-order valence-electron chi connectivity index (χ0n) is 9.46. The van der Waals surface area contributed by atoms with Gasteiger partial charge in [-0.1, -0.05) is 6.92 Å². The Bertz CT molecular complexity index is 381. The summed E-state index contributed by atoms with van der Waals surface area (Å²) in [5.41, 5.74) is 7.01. The van der Waals surface area contributed by atoms with Crippen molar-refractivity contribution in [3.63, 3.8) is 0 Å². The Kier molecular flexibility index (Phi) is 4.89. The Labute approximate surface area is 104 Å². The molecule has 1 unspecified atom stereocenters. The zero-order valence-corrected chi connectivity index (χ0v) is 11.0. The standard InChI is InChI=1S/C11H16BrN3O/c1-7(6-13)5-11(16)15-9-3-4-10(12)14-8(9)2/h3-4,7H,5-6,13H2,1-2H3,(H,15,16). The Morgan fingerprint density at radius 3 is 2.88 bits per heavy atom. The summed E-state index contributed by atoms with van der Waals surface area (Å²) in [6.45, 7) is 4.32. The molecule has 0 aliphatic carbocycles. The van der Waals surface area contributed by atoms with Gasteiger partial charge in [0.1, 0.15) is 4.60 Å². The zero-order chi connectivity index (χ0) is 12.1. The number of amides is 1. The van der Waals surface area contributed by atoms with Crippen molar-refractivity contribution in [3.05, 3.63) is 22.4 Å². The number of carbonyl (C=O) groups is 1. The van der Waals surface area contributed by atoms with Crippen molar-refractivity contribution in [2.45, 2.75) is 20.3 Å². The summed E-state index contributed by atoms with van der Waals surface area (Å²) < 4.78 is 0.762. The van der Waals surface area contributed by atoms with Crippen LogP contribution in [-0.4, -0.2) is 17.4 Å². The van der Waals surface area contributed by atoms with Gasteiger partial charge in [-0.15, -0.1) is 0 Å². The van der Waals surface area contributed by atoms with Crippen molar-refractivity contribution in [2.75, 3.05) is 11.9 Å². The maximum Gasteiger partial charge on any atom is 0.224 e. The first-order chi connectivity index (χ1) is 7.52. The molecule has 5 heteroatoms. The molecular formula is C11H16BrN3O. The minimum absolute atomic E-state index is 0.0230. The van der Waals surface area contributed by atoms with Crippen molar-refractivity contribution in [1.82, 2.24) is 4.98 Å². The van der Waals surface area contributed by atoms with Crippen LogP contribution < -0.4 is 11.1 Å². The Balaban J connectivity index is 2.63. The lowest BCUT2D eigenvalue weighted by Gasteiger charge is -2.10. The second kappa shape index (κ2) is 5.96. The fourth-order valence-electron chi connectivity index (χ4n) is 1.26. The predicted molar refractivity (Wildman–Crippen MR) is 68.1 cm³/mol. The van der Waals surface area contributed by atoms with Crippen LogP contribution in [0.2, 0.25) is 0 Å². The molecule has 1 aromatic rings. The number of rotatable bonds is 4. The molecular weight excluding hydrogens is 270 g/mol. The number of pyridine rings is 1. The third-order valence-corrected chi connectivity index (χ3v) is 2.70. The summed E-state index contributed by atoms with van der Waals surface area (Å²) in [7, 11) is 0. The number of hydrogen-bond donors (Lipinski definition) is 2. The van der Waals surface area contributed by atoms with Crippen LogP contribution in [0.3, 0.4) is 0 Å². The number of hydrogen-bond acceptors (Lipinski definition) is 3. The Hall–Kier alpha value is -0.940. The number of aryl methyl sites for hydroxylation is 1. The predicted octanol–water partition coefficient (Wildman–Crippen LogP) is 2.08. The van der Waals surface area contributed by atoms with Gasteiger partial charge in [-0.25, -0.2) is 4.98 Å². The molecule has 0 aliphatic heterocycles. The van der Waals surface area contributed by atoms with E-state index in [1.165, 1.54) is 0 Å². The van der Waals surface area contributed by atoms with Crippen molar-refractivity contribution >= 4 is 27.5 Å². The molecule has 4 nitrogen and oxygen atoms in total. The minimum atomic E-state index is -0.0230. The van der Waals surface area contributed by atoms with Crippen LogP contribution in [0.1, 0.15) is 19.0 Å². The fourth-order valence-corrected chi connectivity index (χ4v) is 1.66. The molecule has 88 valence electrons. The van der Waals surface area contributed by atoms with Gasteiger partial charge in [0.05, 0.1) is 11.4 Å². The lowest BCUT2D eigenvalue weighted by Crippen LogP contribution is -2.20. The molecule has 0 radical (unpaired) electrons. The second-order valence-electron chi connectivity index (χ2n) is 3.86. The molecule has 0 saturated carbocycles. The SMILES string of the molecule is Cc1nc(Br)ccc1NC(=O)CC(C)CN. The molecule has 1 rings (SSSR count). The number of halogens is 1. The first kappa shape index (κ1) is 13.1. The highest BCUT2D eigenvalue weighted by Crippen LogP contribution is 2.16. The van der Waals surface area contributed by atoms with Crippen LogP contribution in [0.25, 0.3) is 0 Å². The molecule has 0 bridgehead atoms. The molecule has 0 aliphatic rings. The van der Waals surface area contributed by atoms with Crippen LogP contribution in [0.5, 0.6) is 0 Å². The maximum absolute atomic E-state index is 11.6. The van der Waals surface area contributed by atoms with Crippen molar-refractivity contribution in [2.24, 2.45) is 11.7 Å². The number of carbonyl (C=O) groups excluding carboxylic acids is 1.